The number of unbranched alkanes of at least 4 members (excludes halogenated alkanes) is 2. The number of allylic oxidation sites excluding steroid dienone is 7. The van der Waals surface area contributed by atoms with Gasteiger partial charge in [0.1, 0.15) is 26.8 Å². The number of carbonyl (C=O) groups is 1. The Kier molecular flexibility index (Phi) is 26.2. The first-order chi connectivity index (χ1) is 35.7. The van der Waals surface area contributed by atoms with E-state index in [-0.39, 0.29) is 169 Å². The molecular weight excluding hydrogens is 1160 g/mol. The van der Waals surface area contributed by atoms with E-state index in [1.807, 2.05) is 56.3 Å². The number of rotatable bonds is 21. The number of nitrogens with one attached hydrogen (secondary N) is 1. The monoisotopic (exact) mass is 1220 g/mol. The zero-order chi connectivity index (χ0) is 55.0. The summed E-state index contributed by atoms with van der Waals surface area (Å²) in [5.74, 6) is -1.67. The zero-order valence-electron chi connectivity index (χ0n) is 46.3. The van der Waals surface area contributed by atoms with Gasteiger partial charge in [-0.1, -0.05) is 56.3 Å². The molecule has 5 aromatic rings. The third-order valence-electron chi connectivity index (χ3n) is 14.5. The number of fused-ring (bicyclic) bond motifs is 6. The van der Waals surface area contributed by atoms with E-state index in [1.54, 1.807) is 24.3 Å². The van der Waals surface area contributed by atoms with Crippen LogP contribution in [0.4, 0.5) is 17.1 Å². The zero-order valence-corrected chi connectivity index (χ0v) is 58.7. The minimum atomic E-state index is -4.74. The van der Waals surface area contributed by atoms with Gasteiger partial charge in [0.2, 0.25) is 5.69 Å². The molecule has 2 heterocycles. The van der Waals surface area contributed by atoms with Crippen LogP contribution in [0.2, 0.25) is 0 Å². The van der Waals surface area contributed by atoms with E-state index in [0.717, 1.165) is 79.2 Å². The topological polar surface area (TPSA) is 279 Å². The van der Waals surface area contributed by atoms with Crippen molar-refractivity contribution in [2.24, 2.45) is 0 Å². The van der Waals surface area contributed by atoms with Crippen LogP contribution >= 0.6 is 0 Å². The number of nitrogens with zero attached hydrogens (tertiary/aromatic N) is 2. The SMILES string of the molecule is CC1(C)C(/C=C/C2=C(Nc3ccc(CCC(=O)[O-])cc3)C(=C/C=C3/N(CCCCS(=O)(=O)[O-])c4ccc5cc(S(=O)(=O)[O-])ccc5c4C3(C)C)/CCC2)=[N+](CCCCOS(=O)[O-])c2ccc3cc(S(=O)(=O)[O-])ccc3c21.[K+].[Na+].[Na+].[Na+]. The van der Waals surface area contributed by atoms with Gasteiger partial charge in [-0.05, 0) is 164 Å². The van der Waals surface area contributed by atoms with Gasteiger partial charge in [0.15, 0.2) is 5.71 Å². The molecule has 2 aliphatic heterocycles. The van der Waals surface area contributed by atoms with Crippen LogP contribution < -0.4 is 155 Å². The number of hydrogen-bond acceptors (Lipinski definition) is 16. The molecule has 0 saturated carbocycles. The molecule has 5 aromatic carbocycles. The van der Waals surface area contributed by atoms with Crippen LogP contribution in [0.25, 0.3) is 21.5 Å². The average molecular weight is 1220 g/mol. The number of hydrogen-bond donors (Lipinski definition) is 1. The molecule has 1 N–H and O–H groups in total. The molecule has 8 rings (SSSR count). The molecule has 0 amide bonds. The molecule has 1 atom stereocenters. The van der Waals surface area contributed by atoms with E-state index in [1.165, 1.54) is 24.3 Å². The van der Waals surface area contributed by atoms with Gasteiger partial charge in [-0.25, -0.2) is 29.5 Å². The number of anilines is 2. The maximum Gasteiger partial charge on any atom is 1.00 e. The van der Waals surface area contributed by atoms with Gasteiger partial charge >= 0.3 is 140 Å². The van der Waals surface area contributed by atoms with E-state index in [4.69, 9.17) is 4.18 Å². The fourth-order valence-corrected chi connectivity index (χ4v) is 12.7. The third kappa shape index (κ3) is 16.8. The average Bonchev–Trinajstić information content (AvgIpc) is 3.70. The van der Waals surface area contributed by atoms with Crippen molar-refractivity contribution >= 4 is 92.0 Å². The molecule has 0 saturated heterocycles. The summed E-state index contributed by atoms with van der Waals surface area (Å²) in [5, 5.41) is 17.6. The summed E-state index contributed by atoms with van der Waals surface area (Å²) in [6, 6.07) is 23.4. The maximum atomic E-state index is 12.1. The van der Waals surface area contributed by atoms with Gasteiger partial charge in [-0.2, -0.15) is 4.58 Å². The molecule has 1 aliphatic carbocycles. The summed E-state index contributed by atoms with van der Waals surface area (Å²) < 4.78 is 136. The van der Waals surface area contributed by atoms with Gasteiger partial charge < -0.3 is 42.5 Å². The Morgan fingerprint density at radius 2 is 1.36 bits per heavy atom. The predicted octanol–water partition coefficient (Wildman–Crippen LogP) is -4.49. The number of carbonyl (C=O) groups excluding carboxylic acids is 1. The molecule has 0 bridgehead atoms. The summed E-state index contributed by atoms with van der Waals surface area (Å²) in [7, 11) is -13.9. The van der Waals surface area contributed by atoms with Crippen molar-refractivity contribution in [2.75, 3.05) is 35.7 Å². The predicted molar refractivity (Wildman–Crippen MR) is 284 cm³/mol. The van der Waals surface area contributed by atoms with Crippen molar-refractivity contribution in [3.05, 3.63) is 148 Å². The molecule has 0 spiro atoms. The van der Waals surface area contributed by atoms with E-state index < -0.39 is 64.3 Å². The standard InChI is InChI=1S/C55H61N3O14S4.K.3Na/c1-54(2)48(57(30-5-7-32-72-73(61)62)46-25-15-39-34-42(75(66,67)68)21-23-44(39)51(46)54)27-17-37-10-9-11-38(53(37)56-41-19-12-36(13-20-41)14-29-50(59)60)18-28-49-55(3,4)52-45-24-22-43(76(69,70)71)35-40(45)16-26-47(52)58(49)31-6-8-33-74(63,64)65;;;;/h12-13,15-28,34-35H,5-11,14,29-33H2,1-4H3,(H5,59,60,61,62,63,64,65,66,67,68,69,70,71);;;;/q;4*+1/p-4/b38-18+,49-28+;;;;. The first-order valence-electron chi connectivity index (χ1n) is 24.8. The van der Waals surface area contributed by atoms with Gasteiger partial charge in [-0.3, -0.25) is 0 Å². The van der Waals surface area contributed by atoms with Crippen LogP contribution in [0.5, 0.6) is 0 Å². The van der Waals surface area contributed by atoms with Crippen molar-refractivity contribution in [3.63, 3.8) is 0 Å². The molecule has 0 radical (unpaired) electrons. The fourth-order valence-electron chi connectivity index (χ4n) is 10.9. The van der Waals surface area contributed by atoms with Crippen LogP contribution in [0.15, 0.2) is 142 Å². The van der Waals surface area contributed by atoms with Gasteiger partial charge in [-0.15, -0.1) is 0 Å². The molecule has 1 unspecified atom stereocenters. The smallest absolute Gasteiger partial charge is 0.750 e. The fraction of sp³-hybridized carbons (Fsp3) is 0.345. The molecule has 0 aromatic heterocycles. The number of benzene rings is 5. The number of aryl methyl sites for hydroxylation is 1. The van der Waals surface area contributed by atoms with Crippen molar-refractivity contribution in [1.82, 2.24) is 0 Å². The maximum absolute atomic E-state index is 12.1. The number of carboxylic acids is 1. The first kappa shape index (κ1) is 71.2. The molecular formula is C55H57KN3Na3O14S4. The Balaban J connectivity index is 0.00000344. The van der Waals surface area contributed by atoms with Crippen molar-refractivity contribution in [3.8, 4) is 0 Å². The Labute approximate surface area is 580 Å². The van der Waals surface area contributed by atoms with E-state index in [2.05, 4.69) is 46.9 Å². The van der Waals surface area contributed by atoms with Gasteiger partial charge in [0.05, 0.1) is 43.3 Å². The quantitative estimate of drug-likeness (QED) is 0.0238. The second-order valence-corrected chi connectivity index (χ2v) is 25.2. The molecule has 404 valence electrons. The molecule has 17 nitrogen and oxygen atoms in total. The molecule has 0 fully saturated rings. The van der Waals surface area contributed by atoms with Crippen LogP contribution in [-0.2, 0) is 67.9 Å². The summed E-state index contributed by atoms with van der Waals surface area (Å²) >= 11 is -2.66. The largest absolute Gasteiger partial charge is 1.00 e. The summed E-state index contributed by atoms with van der Waals surface area (Å²) in [4.78, 5) is 12.7. The second kappa shape index (κ2) is 29.4. The van der Waals surface area contributed by atoms with Gasteiger partial charge in [0.25, 0.3) is 0 Å². The van der Waals surface area contributed by atoms with Crippen LogP contribution in [0.3, 0.4) is 0 Å². The molecule has 80 heavy (non-hydrogen) atoms. The van der Waals surface area contributed by atoms with Crippen molar-refractivity contribution in [1.29, 1.82) is 0 Å². The normalized spacial score (nSPS) is 17.2. The summed E-state index contributed by atoms with van der Waals surface area (Å²) in [6.07, 6.45) is 12.0. The molecule has 25 heteroatoms. The van der Waals surface area contributed by atoms with Crippen molar-refractivity contribution in [2.45, 2.75) is 106 Å². The molecule has 3 aliphatic rings. The van der Waals surface area contributed by atoms with E-state index in [0.29, 0.717) is 62.4 Å². The van der Waals surface area contributed by atoms with Gasteiger partial charge in [0, 0.05) is 70.6 Å². The van der Waals surface area contributed by atoms with Crippen molar-refractivity contribution < 1.29 is 206 Å². The Hall–Kier alpha value is -1.24. The van der Waals surface area contributed by atoms with E-state index >= 15 is 0 Å². The van der Waals surface area contributed by atoms with Crippen LogP contribution in [0, 0.1) is 0 Å². The minimum Gasteiger partial charge on any atom is -0.750 e. The number of carboxylic acid groups (broad SMARTS) is 1. The number of aliphatic carboxylic acids is 1. The van der Waals surface area contributed by atoms with E-state index in [9.17, 15) is 57.6 Å². The Morgan fingerprint density at radius 1 is 0.750 bits per heavy atom. The summed E-state index contributed by atoms with van der Waals surface area (Å²) in [6.45, 7) is 9.05. The second-order valence-electron chi connectivity index (χ2n) is 20.3. The Morgan fingerprint density at radius 3 is 1.95 bits per heavy atom. The minimum absolute atomic E-state index is 0. The summed E-state index contributed by atoms with van der Waals surface area (Å²) in [5.41, 5.74) is 8.10. The van der Waals surface area contributed by atoms with Crippen LogP contribution in [0.1, 0.15) is 95.8 Å². The third-order valence-corrected chi connectivity index (χ3v) is 17.3. The first-order valence-corrected chi connectivity index (χ1v) is 30.2. The van der Waals surface area contributed by atoms with Crippen LogP contribution in [-0.4, -0.2) is 89.4 Å². The Bertz CT molecular complexity index is 3700.